The van der Waals surface area contributed by atoms with Gasteiger partial charge in [-0.2, -0.15) is 0 Å². The van der Waals surface area contributed by atoms with Gasteiger partial charge in [0.1, 0.15) is 18.1 Å². The number of aliphatic hydroxyl groups excluding tert-OH is 1. The highest BCUT2D eigenvalue weighted by Crippen LogP contribution is 2.19. The van der Waals surface area contributed by atoms with Gasteiger partial charge in [-0.1, -0.05) is 105 Å². The summed E-state index contributed by atoms with van der Waals surface area (Å²) >= 11 is 0. The van der Waals surface area contributed by atoms with Gasteiger partial charge in [-0.05, 0) is 54.9 Å². The summed E-state index contributed by atoms with van der Waals surface area (Å²) in [4.78, 5) is 66.4. The number of carbonyl (C=O) groups excluding carboxylic acids is 5. The molecule has 1 saturated carbocycles. The largest absolute Gasteiger partial charge is 0.390 e. The first-order valence-corrected chi connectivity index (χ1v) is 18.3. The van der Waals surface area contributed by atoms with E-state index in [0.29, 0.717) is 12.8 Å². The summed E-state index contributed by atoms with van der Waals surface area (Å²) < 4.78 is 0. The molecule has 6 N–H and O–H groups in total. The molecule has 1 aliphatic carbocycles. The second kappa shape index (κ2) is 20.9. The normalized spacial score (nSPS) is 17.1. The Morgan fingerprint density at radius 1 is 0.735 bits per heavy atom. The van der Waals surface area contributed by atoms with Crippen molar-refractivity contribution in [2.45, 2.75) is 149 Å². The van der Waals surface area contributed by atoms with Crippen molar-refractivity contribution in [3.05, 3.63) is 35.9 Å². The Morgan fingerprint density at radius 2 is 1.35 bits per heavy atom. The van der Waals surface area contributed by atoms with Crippen LogP contribution in [0.1, 0.15) is 112 Å². The number of rotatable bonds is 20. The molecule has 1 aromatic carbocycles. The van der Waals surface area contributed by atoms with Crippen molar-refractivity contribution in [3.8, 4) is 0 Å². The summed E-state index contributed by atoms with van der Waals surface area (Å²) in [5.41, 5.74) is 0.843. The highest BCUT2D eigenvalue weighted by atomic mass is 16.3. The van der Waals surface area contributed by atoms with Gasteiger partial charge in [0.15, 0.2) is 0 Å². The standard InChI is InChI=1S/C38H63N5O6/c1-9-26(8)35(38(49)39-28-17-13-14-18-28)42-33(46)22-31(44)29(21-27-15-11-10-12-16-27)41-37(48)34(25(6)7)43-36(47)30(19-23(2)3)40-32(45)20-24(4)5/h10-12,15-16,23-26,28-31,34-35,44H,9,13-14,17-22H2,1-8H3,(H,39,49)(H,40,45)(H,41,48)(H,42,46)(H,43,47)/t26-,29?,30?,31?,34?,35-/m0/s1. The van der Waals surface area contributed by atoms with Crippen LogP contribution in [0.3, 0.4) is 0 Å². The first-order chi connectivity index (χ1) is 23.1. The maximum absolute atomic E-state index is 13.8. The zero-order chi connectivity index (χ0) is 36.7. The maximum atomic E-state index is 13.8. The monoisotopic (exact) mass is 685 g/mol. The van der Waals surface area contributed by atoms with Crippen LogP contribution in [0.15, 0.2) is 30.3 Å². The van der Waals surface area contributed by atoms with E-state index < -0.39 is 48.0 Å². The minimum absolute atomic E-state index is 0.110. The lowest BCUT2D eigenvalue weighted by atomic mass is 9.95. The van der Waals surface area contributed by atoms with Gasteiger partial charge in [-0.3, -0.25) is 24.0 Å². The Bertz CT molecular complexity index is 1200. The van der Waals surface area contributed by atoms with Crippen LogP contribution in [0.5, 0.6) is 0 Å². The molecule has 0 aromatic heterocycles. The van der Waals surface area contributed by atoms with Crippen LogP contribution in [0, 0.1) is 23.7 Å². The van der Waals surface area contributed by atoms with Gasteiger partial charge in [0.05, 0.1) is 18.6 Å². The number of aliphatic hydroxyl groups is 1. The van der Waals surface area contributed by atoms with Crippen molar-refractivity contribution >= 4 is 29.5 Å². The number of hydrogen-bond acceptors (Lipinski definition) is 6. The van der Waals surface area contributed by atoms with Crippen LogP contribution in [0.4, 0.5) is 0 Å². The molecule has 0 bridgehead atoms. The smallest absolute Gasteiger partial charge is 0.243 e. The molecule has 1 fully saturated rings. The van der Waals surface area contributed by atoms with Crippen molar-refractivity contribution < 1.29 is 29.1 Å². The Balaban J connectivity index is 2.21. The van der Waals surface area contributed by atoms with Crippen molar-refractivity contribution in [2.24, 2.45) is 23.7 Å². The number of hydrogen-bond donors (Lipinski definition) is 6. The van der Waals surface area contributed by atoms with E-state index in [-0.39, 0.29) is 60.8 Å². The van der Waals surface area contributed by atoms with E-state index >= 15 is 0 Å². The Hall–Kier alpha value is -3.47. The highest BCUT2D eigenvalue weighted by Gasteiger charge is 2.34. The van der Waals surface area contributed by atoms with Crippen molar-refractivity contribution in [3.63, 3.8) is 0 Å². The Kier molecular flexibility index (Phi) is 17.8. The van der Waals surface area contributed by atoms with Gasteiger partial charge >= 0.3 is 0 Å². The number of nitrogens with one attached hydrogen (secondary N) is 5. The van der Waals surface area contributed by atoms with Gasteiger partial charge in [-0.15, -0.1) is 0 Å². The topological polar surface area (TPSA) is 166 Å². The molecule has 6 atom stereocenters. The molecule has 0 saturated heterocycles. The lowest BCUT2D eigenvalue weighted by molar-refractivity contribution is -0.134. The Labute approximate surface area is 293 Å². The molecule has 0 aliphatic heterocycles. The molecule has 49 heavy (non-hydrogen) atoms. The summed E-state index contributed by atoms with van der Waals surface area (Å²) in [7, 11) is 0. The van der Waals surface area contributed by atoms with E-state index in [1.54, 1.807) is 13.8 Å². The van der Waals surface area contributed by atoms with Gasteiger partial charge in [0, 0.05) is 12.5 Å². The van der Waals surface area contributed by atoms with Gasteiger partial charge < -0.3 is 31.7 Å². The molecule has 1 aromatic rings. The average Bonchev–Trinajstić information content (AvgIpc) is 3.53. The van der Waals surface area contributed by atoms with E-state index in [9.17, 15) is 29.1 Å². The fourth-order valence-electron chi connectivity index (χ4n) is 6.17. The first-order valence-electron chi connectivity index (χ1n) is 18.3. The highest BCUT2D eigenvalue weighted by molar-refractivity contribution is 5.92. The first kappa shape index (κ1) is 41.7. The van der Waals surface area contributed by atoms with E-state index in [1.165, 1.54) is 0 Å². The van der Waals surface area contributed by atoms with E-state index in [0.717, 1.165) is 31.2 Å². The third-order valence-corrected chi connectivity index (χ3v) is 9.20. The lowest BCUT2D eigenvalue weighted by Crippen LogP contribution is -2.58. The van der Waals surface area contributed by atoms with Crippen LogP contribution in [0.25, 0.3) is 0 Å². The third-order valence-electron chi connectivity index (χ3n) is 9.20. The lowest BCUT2D eigenvalue weighted by Gasteiger charge is -2.30. The zero-order valence-corrected chi connectivity index (χ0v) is 31.0. The minimum Gasteiger partial charge on any atom is -0.390 e. The van der Waals surface area contributed by atoms with Crippen LogP contribution in [-0.2, 0) is 30.4 Å². The molecule has 4 unspecified atom stereocenters. The SMILES string of the molecule is CC[C@H](C)[C@H](NC(=O)CC(O)C(Cc1ccccc1)NC(=O)C(NC(=O)C(CC(C)C)NC(=O)CC(C)C)C(C)C)C(=O)NC1CCCC1. The molecule has 0 radical (unpaired) electrons. The molecule has 1 aliphatic rings. The molecular formula is C38H63N5O6. The number of carbonyl (C=O) groups is 5. The Morgan fingerprint density at radius 3 is 1.90 bits per heavy atom. The fourth-order valence-corrected chi connectivity index (χ4v) is 6.17. The van der Waals surface area contributed by atoms with Gasteiger partial charge in [0.25, 0.3) is 0 Å². The summed E-state index contributed by atoms with van der Waals surface area (Å²) in [5, 5.41) is 25.9. The second-order valence-corrected chi connectivity index (χ2v) is 15.1. The van der Waals surface area contributed by atoms with Crippen LogP contribution in [-0.4, -0.2) is 71.0 Å². The minimum atomic E-state index is -1.29. The molecular weight excluding hydrogens is 622 g/mol. The van der Waals surface area contributed by atoms with Gasteiger partial charge in [0.2, 0.25) is 29.5 Å². The van der Waals surface area contributed by atoms with Gasteiger partial charge in [-0.25, -0.2) is 0 Å². The molecule has 0 heterocycles. The molecule has 11 heteroatoms. The quantitative estimate of drug-likeness (QED) is 0.122. The van der Waals surface area contributed by atoms with Crippen molar-refractivity contribution in [1.29, 1.82) is 0 Å². The van der Waals surface area contributed by atoms with E-state index in [1.807, 2.05) is 71.9 Å². The molecule has 5 amide bonds. The number of amides is 5. The molecule has 276 valence electrons. The molecule has 11 nitrogen and oxygen atoms in total. The summed E-state index contributed by atoms with van der Waals surface area (Å²) in [5.74, 6) is -2.08. The second-order valence-electron chi connectivity index (χ2n) is 15.1. The molecule has 0 spiro atoms. The zero-order valence-electron chi connectivity index (χ0n) is 31.0. The average molecular weight is 686 g/mol. The van der Waals surface area contributed by atoms with Crippen LogP contribution in [0.2, 0.25) is 0 Å². The van der Waals surface area contributed by atoms with E-state index in [4.69, 9.17) is 0 Å². The number of benzene rings is 1. The van der Waals surface area contributed by atoms with E-state index in [2.05, 4.69) is 26.6 Å². The predicted octanol–water partition coefficient (Wildman–Crippen LogP) is 3.77. The van der Waals surface area contributed by atoms with Crippen molar-refractivity contribution in [2.75, 3.05) is 0 Å². The van der Waals surface area contributed by atoms with Crippen LogP contribution >= 0.6 is 0 Å². The predicted molar refractivity (Wildman–Crippen MR) is 192 cm³/mol. The summed E-state index contributed by atoms with van der Waals surface area (Å²) in [6.45, 7) is 15.3. The van der Waals surface area contributed by atoms with Crippen molar-refractivity contribution in [1.82, 2.24) is 26.6 Å². The fraction of sp³-hybridized carbons (Fsp3) is 0.711. The maximum Gasteiger partial charge on any atom is 0.243 e. The summed E-state index contributed by atoms with van der Waals surface area (Å²) in [6, 6.07) is 6.05. The molecule has 2 rings (SSSR count). The summed E-state index contributed by atoms with van der Waals surface area (Å²) in [6.07, 6.45) is 3.98. The van der Waals surface area contributed by atoms with Crippen LogP contribution < -0.4 is 26.6 Å². The third kappa shape index (κ3) is 14.9.